The normalized spacial score (nSPS) is 19.6. The molecule has 1 aromatic carbocycles. The lowest BCUT2D eigenvalue weighted by Gasteiger charge is -2.16. The Balaban J connectivity index is 1.84. The number of aryl methyl sites for hydroxylation is 1. The van der Waals surface area contributed by atoms with E-state index in [9.17, 15) is 4.79 Å². The van der Waals surface area contributed by atoms with Crippen molar-refractivity contribution in [3.8, 4) is 5.75 Å². The van der Waals surface area contributed by atoms with E-state index in [1.54, 1.807) is 14.1 Å². The Morgan fingerprint density at radius 2 is 2.21 bits per heavy atom. The number of carbonyl (C=O) groups is 1. The number of hydrogen-bond acceptors (Lipinski definition) is 3. The average molecular weight is 282 g/mol. The molecule has 1 atom stereocenters. The van der Waals surface area contributed by atoms with Crippen molar-refractivity contribution in [1.82, 2.24) is 4.90 Å². The first-order valence-corrected chi connectivity index (χ1v) is 6.82. The van der Waals surface area contributed by atoms with Gasteiger partial charge in [0.05, 0.1) is 6.42 Å². The molecule has 2 aliphatic rings. The van der Waals surface area contributed by atoms with Gasteiger partial charge in [-0.1, -0.05) is 11.6 Å². The summed E-state index contributed by atoms with van der Waals surface area (Å²) in [4.78, 5) is 12.9. The minimum Gasteiger partial charge on any atom is -0.454 e. The molecule has 0 spiro atoms. The maximum absolute atomic E-state index is 11.6. The SMILES string of the molecule is CN(C)C(=O)OC1Cc2c(Cl)cc3c(c2O1)CCC3. The number of amides is 1. The fraction of sp³-hybridized carbons (Fsp3) is 0.500. The van der Waals surface area contributed by atoms with Crippen molar-refractivity contribution in [2.24, 2.45) is 0 Å². The lowest BCUT2D eigenvalue weighted by Crippen LogP contribution is -2.30. The molecule has 19 heavy (non-hydrogen) atoms. The molecule has 4 nitrogen and oxygen atoms in total. The highest BCUT2D eigenvalue weighted by molar-refractivity contribution is 6.31. The van der Waals surface area contributed by atoms with Gasteiger partial charge in [0.15, 0.2) is 0 Å². The van der Waals surface area contributed by atoms with E-state index in [0.29, 0.717) is 6.42 Å². The van der Waals surface area contributed by atoms with Crippen LogP contribution in [0.2, 0.25) is 5.02 Å². The third kappa shape index (κ3) is 2.14. The van der Waals surface area contributed by atoms with E-state index in [0.717, 1.165) is 35.6 Å². The summed E-state index contributed by atoms with van der Waals surface area (Å²) in [5, 5.41) is 0.721. The van der Waals surface area contributed by atoms with Crippen molar-refractivity contribution in [2.45, 2.75) is 32.0 Å². The minimum absolute atomic E-state index is 0.398. The number of nitrogens with zero attached hydrogens (tertiary/aromatic N) is 1. The molecule has 0 fully saturated rings. The Morgan fingerprint density at radius 3 is 2.95 bits per heavy atom. The van der Waals surface area contributed by atoms with Gasteiger partial charge in [0.1, 0.15) is 5.75 Å². The zero-order valence-corrected chi connectivity index (χ0v) is 11.8. The molecule has 0 N–H and O–H groups in total. The number of carbonyl (C=O) groups excluding carboxylic acids is 1. The van der Waals surface area contributed by atoms with Gasteiger partial charge < -0.3 is 14.4 Å². The van der Waals surface area contributed by atoms with Gasteiger partial charge in [-0.05, 0) is 36.5 Å². The summed E-state index contributed by atoms with van der Waals surface area (Å²) in [5.41, 5.74) is 3.48. The highest BCUT2D eigenvalue weighted by atomic mass is 35.5. The lowest BCUT2D eigenvalue weighted by molar-refractivity contribution is -0.0276. The first-order chi connectivity index (χ1) is 9.06. The van der Waals surface area contributed by atoms with Gasteiger partial charge in [-0.25, -0.2) is 4.79 Å². The Bertz CT molecular complexity index is 542. The van der Waals surface area contributed by atoms with Crippen molar-refractivity contribution in [3.05, 3.63) is 27.8 Å². The third-order valence-electron chi connectivity index (χ3n) is 3.62. The van der Waals surface area contributed by atoms with Gasteiger partial charge in [0.25, 0.3) is 0 Å². The maximum Gasteiger partial charge on any atom is 0.412 e. The molecule has 0 bridgehead atoms. The van der Waals surface area contributed by atoms with Crippen molar-refractivity contribution in [3.63, 3.8) is 0 Å². The second-order valence-corrected chi connectivity index (χ2v) is 5.59. The molecule has 1 aliphatic heterocycles. The van der Waals surface area contributed by atoms with Crippen LogP contribution >= 0.6 is 11.6 Å². The fourth-order valence-electron chi connectivity index (χ4n) is 2.67. The second kappa shape index (κ2) is 4.60. The molecular weight excluding hydrogens is 266 g/mol. The Morgan fingerprint density at radius 1 is 1.42 bits per heavy atom. The number of halogens is 1. The minimum atomic E-state index is -0.561. The molecule has 1 heterocycles. The Labute approximate surface area is 117 Å². The average Bonchev–Trinajstić information content (AvgIpc) is 2.94. The van der Waals surface area contributed by atoms with E-state index < -0.39 is 12.4 Å². The zero-order valence-electron chi connectivity index (χ0n) is 11.0. The van der Waals surface area contributed by atoms with Crippen molar-refractivity contribution in [2.75, 3.05) is 14.1 Å². The van der Waals surface area contributed by atoms with Crippen LogP contribution < -0.4 is 4.74 Å². The second-order valence-electron chi connectivity index (χ2n) is 5.19. The molecule has 0 radical (unpaired) electrons. The molecule has 1 aromatic rings. The van der Waals surface area contributed by atoms with Crippen LogP contribution in [0.4, 0.5) is 4.79 Å². The molecule has 102 valence electrons. The summed E-state index contributed by atoms with van der Waals surface area (Å²) in [6.45, 7) is 0. The molecule has 1 aliphatic carbocycles. The van der Waals surface area contributed by atoms with Gasteiger partial charge in [-0.3, -0.25) is 0 Å². The number of benzene rings is 1. The van der Waals surface area contributed by atoms with Crippen LogP contribution in [0.25, 0.3) is 0 Å². The van der Waals surface area contributed by atoms with Gasteiger partial charge in [-0.2, -0.15) is 0 Å². The highest BCUT2D eigenvalue weighted by Gasteiger charge is 2.33. The van der Waals surface area contributed by atoms with E-state index >= 15 is 0 Å². The molecule has 1 amide bonds. The summed E-state index contributed by atoms with van der Waals surface area (Å²) >= 11 is 6.29. The van der Waals surface area contributed by atoms with Crippen LogP contribution in [-0.2, 0) is 24.0 Å². The molecule has 1 unspecified atom stereocenters. The fourth-order valence-corrected chi connectivity index (χ4v) is 2.97. The first kappa shape index (κ1) is 12.6. The lowest BCUT2D eigenvalue weighted by atomic mass is 10.0. The van der Waals surface area contributed by atoms with Crippen molar-refractivity contribution >= 4 is 17.7 Å². The van der Waals surface area contributed by atoms with Gasteiger partial charge in [-0.15, -0.1) is 0 Å². The monoisotopic (exact) mass is 281 g/mol. The van der Waals surface area contributed by atoms with E-state index in [4.69, 9.17) is 21.1 Å². The maximum atomic E-state index is 11.6. The predicted octanol–water partition coefficient (Wildman–Crippen LogP) is 2.79. The Kier molecular flexibility index (Phi) is 3.05. The summed E-state index contributed by atoms with van der Waals surface area (Å²) in [5.74, 6) is 0.844. The standard InChI is InChI=1S/C14H16ClNO3/c1-16(2)14(17)19-12-7-10-11(15)6-8-4-3-5-9(8)13(10)18-12/h6,12H,3-5,7H2,1-2H3. The van der Waals surface area contributed by atoms with Gasteiger partial charge in [0.2, 0.25) is 6.29 Å². The smallest absolute Gasteiger partial charge is 0.412 e. The quantitative estimate of drug-likeness (QED) is 0.794. The van der Waals surface area contributed by atoms with Crippen LogP contribution in [-0.4, -0.2) is 31.4 Å². The number of fused-ring (bicyclic) bond motifs is 3. The topological polar surface area (TPSA) is 38.8 Å². The zero-order chi connectivity index (χ0) is 13.6. The molecule has 0 saturated carbocycles. The summed E-state index contributed by atoms with van der Waals surface area (Å²) in [7, 11) is 3.30. The van der Waals surface area contributed by atoms with Crippen molar-refractivity contribution < 1.29 is 14.3 Å². The molecule has 5 heteroatoms. The van der Waals surface area contributed by atoms with Crippen LogP contribution in [0, 0.1) is 0 Å². The van der Waals surface area contributed by atoms with Gasteiger partial charge >= 0.3 is 6.09 Å². The molecular formula is C14H16ClNO3. The summed E-state index contributed by atoms with van der Waals surface area (Å²) in [6, 6.07) is 2.03. The molecule has 3 rings (SSSR count). The Hall–Kier alpha value is -1.42. The van der Waals surface area contributed by atoms with E-state index in [1.807, 2.05) is 6.07 Å². The van der Waals surface area contributed by atoms with Crippen LogP contribution in [0.3, 0.4) is 0 Å². The number of rotatable bonds is 1. The number of ether oxygens (including phenoxy) is 2. The van der Waals surface area contributed by atoms with Crippen LogP contribution in [0.5, 0.6) is 5.75 Å². The third-order valence-corrected chi connectivity index (χ3v) is 3.95. The van der Waals surface area contributed by atoms with E-state index in [-0.39, 0.29) is 0 Å². The highest BCUT2D eigenvalue weighted by Crippen LogP contribution is 2.43. The van der Waals surface area contributed by atoms with E-state index in [2.05, 4.69) is 0 Å². The van der Waals surface area contributed by atoms with Gasteiger partial charge in [0, 0.05) is 24.7 Å². The predicted molar refractivity (Wildman–Crippen MR) is 71.8 cm³/mol. The number of hydrogen-bond donors (Lipinski definition) is 0. The van der Waals surface area contributed by atoms with E-state index in [1.165, 1.54) is 16.0 Å². The van der Waals surface area contributed by atoms with Crippen LogP contribution in [0.15, 0.2) is 6.07 Å². The molecule has 0 aromatic heterocycles. The largest absolute Gasteiger partial charge is 0.454 e. The summed E-state index contributed by atoms with van der Waals surface area (Å²) < 4.78 is 11.1. The first-order valence-electron chi connectivity index (χ1n) is 6.44. The summed E-state index contributed by atoms with van der Waals surface area (Å²) in [6.07, 6.45) is 2.77. The van der Waals surface area contributed by atoms with Crippen LogP contribution in [0.1, 0.15) is 23.1 Å². The van der Waals surface area contributed by atoms with Crippen molar-refractivity contribution in [1.29, 1.82) is 0 Å². The molecule has 0 saturated heterocycles.